The molecule has 0 radical (unpaired) electrons. The molecule has 0 unspecified atom stereocenters. The Hall–Kier alpha value is -2.05. The molecule has 2 N–H and O–H groups in total. The van der Waals surface area contributed by atoms with Crippen LogP contribution in [0.2, 0.25) is 0 Å². The van der Waals surface area contributed by atoms with Gasteiger partial charge in [0.05, 0.1) is 18.7 Å². The third-order valence-corrected chi connectivity index (χ3v) is 7.26. The number of benzene rings is 1. The number of fused-ring (bicyclic) bond motifs is 3. The summed E-state index contributed by atoms with van der Waals surface area (Å²) in [4.78, 5) is 15.4. The molecule has 3 atom stereocenters. The largest absolute Gasteiger partial charge is 0.508 e. The molecule has 1 fully saturated rings. The third kappa shape index (κ3) is 2.00. The molecule has 1 aromatic carbocycles. The lowest BCUT2D eigenvalue weighted by molar-refractivity contribution is -0.194. The molecule has 4 heterocycles. The zero-order chi connectivity index (χ0) is 19.0. The van der Waals surface area contributed by atoms with Crippen LogP contribution in [0, 0.1) is 5.41 Å². The highest BCUT2D eigenvalue weighted by molar-refractivity contribution is 5.90. The van der Waals surface area contributed by atoms with Crippen LogP contribution in [0.3, 0.4) is 0 Å². The first-order valence-electron chi connectivity index (χ1n) is 9.87. The van der Waals surface area contributed by atoms with Gasteiger partial charge >= 0.3 is 5.97 Å². The fourth-order valence-electron chi connectivity index (χ4n) is 6.14. The second-order valence-electron chi connectivity index (χ2n) is 8.39. The predicted octanol–water partition coefficient (Wildman–Crippen LogP) is 2.66. The van der Waals surface area contributed by atoms with Crippen LogP contribution in [0.25, 0.3) is 10.9 Å². The normalized spacial score (nSPS) is 32.3. The van der Waals surface area contributed by atoms with Gasteiger partial charge in [-0.1, -0.05) is 6.92 Å². The summed E-state index contributed by atoms with van der Waals surface area (Å²) in [5, 5.41) is 22.8. The van der Waals surface area contributed by atoms with Crippen molar-refractivity contribution in [3.63, 3.8) is 0 Å². The van der Waals surface area contributed by atoms with Crippen LogP contribution in [0.5, 0.6) is 5.75 Å². The number of aliphatic hydroxyl groups is 1. The van der Waals surface area contributed by atoms with Crippen LogP contribution in [-0.2, 0) is 21.7 Å². The van der Waals surface area contributed by atoms with Gasteiger partial charge in [0.25, 0.3) is 0 Å². The topological polar surface area (TPSA) is 74.9 Å². The van der Waals surface area contributed by atoms with E-state index in [0.717, 1.165) is 49.9 Å². The summed E-state index contributed by atoms with van der Waals surface area (Å²) in [6.45, 7) is 4.21. The van der Waals surface area contributed by atoms with E-state index in [1.807, 2.05) is 6.07 Å². The van der Waals surface area contributed by atoms with E-state index in [0.29, 0.717) is 11.9 Å². The van der Waals surface area contributed by atoms with Gasteiger partial charge in [-0.05, 0) is 55.3 Å². The number of aromatic nitrogens is 1. The van der Waals surface area contributed by atoms with Gasteiger partial charge in [-0.25, -0.2) is 4.79 Å². The fourth-order valence-corrected chi connectivity index (χ4v) is 6.14. The Morgan fingerprint density at radius 3 is 2.93 bits per heavy atom. The molecule has 144 valence electrons. The number of piperidine rings is 1. The maximum Gasteiger partial charge on any atom is 0.359 e. The minimum atomic E-state index is -1.75. The third-order valence-electron chi connectivity index (χ3n) is 7.26. The second-order valence-corrected chi connectivity index (χ2v) is 8.39. The van der Waals surface area contributed by atoms with Gasteiger partial charge in [-0.3, -0.25) is 4.90 Å². The van der Waals surface area contributed by atoms with Crippen molar-refractivity contribution in [1.29, 1.82) is 0 Å². The first-order chi connectivity index (χ1) is 12.9. The minimum Gasteiger partial charge on any atom is -0.508 e. The van der Waals surface area contributed by atoms with Crippen molar-refractivity contribution in [2.24, 2.45) is 5.41 Å². The van der Waals surface area contributed by atoms with Crippen LogP contribution in [0.1, 0.15) is 49.9 Å². The number of rotatable bonds is 2. The number of nitrogens with zero attached hydrogens (tertiary/aromatic N) is 2. The van der Waals surface area contributed by atoms with Gasteiger partial charge in [0, 0.05) is 30.1 Å². The van der Waals surface area contributed by atoms with Crippen molar-refractivity contribution in [3.05, 3.63) is 29.5 Å². The van der Waals surface area contributed by atoms with E-state index in [1.165, 1.54) is 12.7 Å². The van der Waals surface area contributed by atoms with E-state index in [9.17, 15) is 15.0 Å². The Morgan fingerprint density at radius 2 is 2.19 bits per heavy atom. The predicted molar refractivity (Wildman–Crippen MR) is 100 cm³/mol. The lowest BCUT2D eigenvalue weighted by Crippen LogP contribution is -2.60. The fraction of sp³-hybridized carbons (Fsp3) is 0.571. The smallest absolute Gasteiger partial charge is 0.359 e. The zero-order valence-corrected chi connectivity index (χ0v) is 15.9. The molecule has 1 saturated heterocycles. The lowest BCUT2D eigenvalue weighted by Gasteiger charge is -2.57. The first-order valence-corrected chi connectivity index (χ1v) is 9.87. The van der Waals surface area contributed by atoms with E-state index in [-0.39, 0.29) is 17.2 Å². The summed E-state index contributed by atoms with van der Waals surface area (Å²) >= 11 is 0. The molecule has 27 heavy (non-hydrogen) atoms. The summed E-state index contributed by atoms with van der Waals surface area (Å²) in [5.74, 6) is -0.492. The molecule has 0 aliphatic carbocycles. The van der Waals surface area contributed by atoms with Gasteiger partial charge < -0.3 is 19.5 Å². The van der Waals surface area contributed by atoms with Gasteiger partial charge in [-0.2, -0.15) is 0 Å². The van der Waals surface area contributed by atoms with Crippen molar-refractivity contribution in [1.82, 2.24) is 9.47 Å². The van der Waals surface area contributed by atoms with Gasteiger partial charge in [-0.15, -0.1) is 0 Å². The summed E-state index contributed by atoms with van der Waals surface area (Å²) in [5.41, 5.74) is 1.06. The molecule has 1 aromatic heterocycles. The van der Waals surface area contributed by atoms with Crippen LogP contribution >= 0.6 is 0 Å². The van der Waals surface area contributed by atoms with Gasteiger partial charge in [0.2, 0.25) is 5.72 Å². The van der Waals surface area contributed by atoms with Crippen LogP contribution in [-0.4, -0.2) is 45.8 Å². The molecule has 6 heteroatoms. The quantitative estimate of drug-likeness (QED) is 0.795. The summed E-state index contributed by atoms with van der Waals surface area (Å²) in [6.07, 6.45) is 4.21. The number of hydrogen-bond acceptors (Lipinski definition) is 5. The SMILES string of the molecule is CC[C@]12CCCN3CCc4c(n(c5cc(O)ccc45)[C@@](O)(C(=O)OC)C1)[C@@H]32. The molecule has 5 rings (SSSR count). The lowest BCUT2D eigenvalue weighted by atomic mass is 9.62. The number of hydrogen-bond donors (Lipinski definition) is 2. The first kappa shape index (κ1) is 17.1. The monoisotopic (exact) mass is 370 g/mol. The van der Waals surface area contributed by atoms with Crippen LogP contribution in [0.15, 0.2) is 18.2 Å². The second kappa shape index (κ2) is 5.49. The van der Waals surface area contributed by atoms with Crippen molar-refractivity contribution >= 4 is 16.9 Å². The number of esters is 1. The van der Waals surface area contributed by atoms with Crippen molar-refractivity contribution in [2.75, 3.05) is 20.2 Å². The molecule has 0 bridgehead atoms. The molecule has 0 amide bonds. The number of carbonyl (C=O) groups is 1. The maximum atomic E-state index is 12.9. The Morgan fingerprint density at radius 1 is 1.37 bits per heavy atom. The molecule has 0 saturated carbocycles. The number of phenols is 1. The molecule has 2 aromatic rings. The molecule has 3 aliphatic rings. The summed E-state index contributed by atoms with van der Waals surface area (Å²) in [7, 11) is 1.33. The average molecular weight is 370 g/mol. The number of carbonyl (C=O) groups excluding carboxylic acids is 1. The van der Waals surface area contributed by atoms with E-state index in [4.69, 9.17) is 4.74 Å². The molecular weight excluding hydrogens is 344 g/mol. The highest BCUT2D eigenvalue weighted by atomic mass is 16.5. The highest BCUT2D eigenvalue weighted by Gasteiger charge is 2.60. The van der Waals surface area contributed by atoms with E-state index in [1.54, 1.807) is 16.7 Å². The highest BCUT2D eigenvalue weighted by Crippen LogP contribution is 2.60. The summed E-state index contributed by atoms with van der Waals surface area (Å²) in [6, 6.07) is 5.45. The Bertz CT molecular complexity index is 951. The van der Waals surface area contributed by atoms with Crippen molar-refractivity contribution in [3.8, 4) is 5.75 Å². The molecule has 0 spiro atoms. The Balaban J connectivity index is 1.90. The van der Waals surface area contributed by atoms with Crippen LogP contribution in [0.4, 0.5) is 0 Å². The number of methoxy groups -OCH3 is 1. The van der Waals surface area contributed by atoms with Crippen molar-refractivity contribution < 1.29 is 19.7 Å². The maximum absolute atomic E-state index is 12.9. The Kier molecular flexibility index (Phi) is 3.47. The molecular formula is C21H26N2O4. The van der Waals surface area contributed by atoms with Crippen molar-refractivity contribution in [2.45, 2.75) is 50.8 Å². The summed E-state index contributed by atoms with van der Waals surface area (Å²) < 4.78 is 6.84. The minimum absolute atomic E-state index is 0.133. The van der Waals surface area contributed by atoms with Gasteiger partial charge in [0.1, 0.15) is 5.75 Å². The standard InChI is InChI=1S/C21H26N2O4/c1-3-20-8-4-9-22-10-7-15-14-6-5-13(24)11-16(14)23(17(15)18(20)22)21(26,12-20)19(25)27-2/h5-6,11,18,24,26H,3-4,7-10,12H2,1-2H3/t18-,20+,21+/m1/s1. The number of aromatic hydroxyl groups is 1. The van der Waals surface area contributed by atoms with E-state index >= 15 is 0 Å². The Labute approximate surface area is 158 Å². The van der Waals surface area contributed by atoms with E-state index < -0.39 is 11.7 Å². The number of ether oxygens (including phenoxy) is 1. The molecule has 3 aliphatic heterocycles. The van der Waals surface area contributed by atoms with Gasteiger partial charge in [0.15, 0.2) is 0 Å². The molecule has 6 nitrogen and oxygen atoms in total. The zero-order valence-electron chi connectivity index (χ0n) is 15.9. The van der Waals surface area contributed by atoms with E-state index in [2.05, 4.69) is 11.8 Å². The van der Waals surface area contributed by atoms with Crippen LogP contribution < -0.4 is 0 Å². The number of phenolic OH excluding ortho intramolecular Hbond substituents is 1. The average Bonchev–Trinajstić information content (AvgIpc) is 3.01.